The fraction of sp³-hybridized carbons (Fsp3) is 0.0500. The normalized spacial score (nSPS) is 11.0. The van der Waals surface area contributed by atoms with Crippen molar-refractivity contribution in [1.29, 1.82) is 0 Å². The summed E-state index contributed by atoms with van der Waals surface area (Å²) in [6, 6.07) is 22.0. The van der Waals surface area contributed by atoms with E-state index in [2.05, 4.69) is 41.1 Å². The first-order chi connectivity index (χ1) is 10.8. The topological polar surface area (TPSA) is 26.3 Å². The van der Waals surface area contributed by atoms with Crippen LogP contribution in [0.4, 0.5) is 0 Å². The Morgan fingerprint density at radius 2 is 1.45 bits per heavy atom. The second kappa shape index (κ2) is 6.27. The van der Waals surface area contributed by atoms with Gasteiger partial charge >= 0.3 is 5.97 Å². The van der Waals surface area contributed by atoms with Crippen LogP contribution in [0.5, 0.6) is 0 Å². The first-order valence-electron chi connectivity index (χ1n) is 7.11. The van der Waals surface area contributed by atoms with Crippen molar-refractivity contribution in [1.82, 2.24) is 0 Å². The lowest BCUT2D eigenvalue weighted by molar-refractivity contribution is 0.0601. The lowest BCUT2D eigenvalue weighted by atomic mass is 10.1. The van der Waals surface area contributed by atoms with Gasteiger partial charge in [-0.05, 0) is 40.1 Å². The predicted octanol–water partition coefficient (Wildman–Crippen LogP) is 4.80. The molecule has 0 aliphatic heterocycles. The average Bonchev–Trinajstić information content (AvgIpc) is 2.59. The van der Waals surface area contributed by atoms with Gasteiger partial charge in [-0.3, -0.25) is 0 Å². The summed E-state index contributed by atoms with van der Waals surface area (Å²) >= 11 is 0. The smallest absolute Gasteiger partial charge is 0.337 e. The molecule has 0 aliphatic rings. The molecule has 0 spiro atoms. The largest absolute Gasteiger partial charge is 0.465 e. The highest BCUT2D eigenvalue weighted by Gasteiger charge is 2.03. The molecule has 2 heteroatoms. The molecule has 0 unspecified atom stereocenters. The van der Waals surface area contributed by atoms with Crippen molar-refractivity contribution in [2.24, 2.45) is 0 Å². The van der Waals surface area contributed by atoms with Gasteiger partial charge in [0, 0.05) is 0 Å². The van der Waals surface area contributed by atoms with Gasteiger partial charge in [0.25, 0.3) is 0 Å². The molecule has 0 radical (unpaired) electrons. The van der Waals surface area contributed by atoms with Crippen LogP contribution in [-0.2, 0) is 4.74 Å². The number of fused-ring (bicyclic) bond motifs is 1. The van der Waals surface area contributed by atoms with E-state index in [0.717, 1.165) is 11.1 Å². The molecule has 0 fully saturated rings. The molecule has 0 atom stereocenters. The number of ether oxygens (including phenoxy) is 1. The molecule has 0 N–H and O–H groups in total. The minimum absolute atomic E-state index is 0.315. The van der Waals surface area contributed by atoms with Crippen LogP contribution in [0.15, 0.2) is 66.7 Å². The lowest BCUT2D eigenvalue weighted by Crippen LogP contribution is -2.00. The summed E-state index contributed by atoms with van der Waals surface area (Å²) < 4.78 is 4.69. The van der Waals surface area contributed by atoms with E-state index in [-0.39, 0.29) is 5.97 Å². The van der Waals surface area contributed by atoms with Gasteiger partial charge in [0.15, 0.2) is 0 Å². The van der Waals surface area contributed by atoms with Crippen molar-refractivity contribution in [3.05, 3.63) is 83.4 Å². The van der Waals surface area contributed by atoms with E-state index in [9.17, 15) is 4.79 Å². The number of methoxy groups -OCH3 is 1. The number of hydrogen-bond acceptors (Lipinski definition) is 2. The lowest BCUT2D eigenvalue weighted by Gasteiger charge is -2.01. The molecular formula is C20H16O2. The highest BCUT2D eigenvalue weighted by molar-refractivity contribution is 5.90. The predicted molar refractivity (Wildman–Crippen MR) is 90.7 cm³/mol. The molecule has 0 amide bonds. The summed E-state index contributed by atoms with van der Waals surface area (Å²) in [6.07, 6.45) is 4.10. The first-order valence-corrected chi connectivity index (χ1v) is 7.11. The van der Waals surface area contributed by atoms with Gasteiger partial charge in [-0.25, -0.2) is 4.79 Å². The number of benzene rings is 3. The third kappa shape index (κ3) is 3.07. The van der Waals surface area contributed by atoms with E-state index in [1.54, 1.807) is 12.1 Å². The van der Waals surface area contributed by atoms with Crippen molar-refractivity contribution in [2.75, 3.05) is 7.11 Å². The molecule has 0 saturated carbocycles. The number of rotatable bonds is 3. The van der Waals surface area contributed by atoms with Crippen molar-refractivity contribution in [3.63, 3.8) is 0 Å². The Morgan fingerprint density at radius 1 is 0.818 bits per heavy atom. The van der Waals surface area contributed by atoms with E-state index < -0.39 is 0 Å². The summed E-state index contributed by atoms with van der Waals surface area (Å²) in [5.41, 5.74) is 2.75. The minimum Gasteiger partial charge on any atom is -0.465 e. The fourth-order valence-corrected chi connectivity index (χ4v) is 2.35. The van der Waals surface area contributed by atoms with Crippen LogP contribution in [0.2, 0.25) is 0 Å². The minimum atomic E-state index is -0.315. The molecule has 3 aromatic rings. The summed E-state index contributed by atoms with van der Waals surface area (Å²) in [4.78, 5) is 11.4. The molecule has 2 nitrogen and oxygen atoms in total. The maximum Gasteiger partial charge on any atom is 0.337 e. The Balaban J connectivity index is 1.81. The second-order valence-corrected chi connectivity index (χ2v) is 5.05. The van der Waals surface area contributed by atoms with E-state index >= 15 is 0 Å². The summed E-state index contributed by atoms with van der Waals surface area (Å²) in [5, 5.41) is 2.47. The Hall–Kier alpha value is -2.87. The molecule has 0 saturated heterocycles. The van der Waals surface area contributed by atoms with Crippen LogP contribution in [-0.4, -0.2) is 13.1 Å². The van der Waals surface area contributed by atoms with Crippen LogP contribution in [0.1, 0.15) is 21.5 Å². The summed E-state index contributed by atoms with van der Waals surface area (Å²) in [7, 11) is 1.38. The van der Waals surface area contributed by atoms with Crippen LogP contribution in [0, 0.1) is 0 Å². The quantitative estimate of drug-likeness (QED) is 0.511. The number of carbonyl (C=O) groups is 1. The summed E-state index contributed by atoms with van der Waals surface area (Å²) in [5.74, 6) is -0.315. The van der Waals surface area contributed by atoms with Gasteiger partial charge < -0.3 is 4.74 Å². The van der Waals surface area contributed by atoms with Gasteiger partial charge in [0.05, 0.1) is 12.7 Å². The Bertz CT molecular complexity index is 830. The van der Waals surface area contributed by atoms with E-state index in [0.29, 0.717) is 5.56 Å². The molecule has 0 aliphatic carbocycles. The van der Waals surface area contributed by atoms with Crippen LogP contribution < -0.4 is 0 Å². The van der Waals surface area contributed by atoms with Gasteiger partial charge in [0.2, 0.25) is 0 Å². The maximum atomic E-state index is 11.4. The molecule has 0 bridgehead atoms. The van der Waals surface area contributed by atoms with Crippen molar-refractivity contribution < 1.29 is 9.53 Å². The molecule has 0 aromatic heterocycles. The Morgan fingerprint density at radius 3 is 2.18 bits per heavy atom. The highest BCUT2D eigenvalue weighted by Crippen LogP contribution is 2.17. The van der Waals surface area contributed by atoms with Gasteiger partial charge in [-0.15, -0.1) is 0 Å². The summed E-state index contributed by atoms with van der Waals surface area (Å²) in [6.45, 7) is 0. The number of hydrogen-bond donors (Lipinski definition) is 0. The zero-order chi connectivity index (χ0) is 15.4. The highest BCUT2D eigenvalue weighted by atomic mass is 16.5. The zero-order valence-electron chi connectivity index (χ0n) is 12.3. The van der Waals surface area contributed by atoms with Crippen molar-refractivity contribution >= 4 is 28.9 Å². The van der Waals surface area contributed by atoms with Gasteiger partial charge in [-0.1, -0.05) is 60.7 Å². The molecule has 108 valence electrons. The van der Waals surface area contributed by atoms with Crippen LogP contribution in [0.25, 0.3) is 22.9 Å². The van der Waals surface area contributed by atoms with E-state index in [4.69, 9.17) is 0 Å². The van der Waals surface area contributed by atoms with Crippen molar-refractivity contribution in [3.8, 4) is 0 Å². The molecule has 3 rings (SSSR count). The van der Waals surface area contributed by atoms with Crippen LogP contribution >= 0.6 is 0 Å². The second-order valence-electron chi connectivity index (χ2n) is 5.05. The monoisotopic (exact) mass is 288 g/mol. The maximum absolute atomic E-state index is 11.4. The molecule has 0 heterocycles. The fourth-order valence-electron chi connectivity index (χ4n) is 2.35. The van der Waals surface area contributed by atoms with E-state index in [1.165, 1.54) is 17.9 Å². The number of esters is 1. The third-order valence-corrected chi connectivity index (χ3v) is 3.57. The average molecular weight is 288 g/mol. The molecule has 3 aromatic carbocycles. The third-order valence-electron chi connectivity index (χ3n) is 3.57. The number of carbonyl (C=O) groups excluding carboxylic acids is 1. The van der Waals surface area contributed by atoms with Gasteiger partial charge in [-0.2, -0.15) is 0 Å². The molecule has 22 heavy (non-hydrogen) atoms. The van der Waals surface area contributed by atoms with Crippen LogP contribution in [0.3, 0.4) is 0 Å². The molecular weight excluding hydrogens is 272 g/mol. The SMILES string of the molecule is COC(=O)c1ccc(/C=C/c2ccc3ccccc3c2)cc1. The standard InChI is InChI=1S/C20H16O2/c1-22-20(21)18-12-8-15(9-13-18)6-7-16-10-11-17-4-2-3-5-19(17)14-16/h2-14H,1H3/b7-6+. The Kier molecular flexibility index (Phi) is 4.01. The first kappa shape index (κ1) is 14.1. The van der Waals surface area contributed by atoms with Gasteiger partial charge in [0.1, 0.15) is 0 Å². The zero-order valence-corrected chi connectivity index (χ0v) is 12.3. The Labute approximate surface area is 129 Å². The van der Waals surface area contributed by atoms with E-state index in [1.807, 2.05) is 30.3 Å². The van der Waals surface area contributed by atoms with Crippen molar-refractivity contribution in [2.45, 2.75) is 0 Å².